The van der Waals surface area contributed by atoms with Crippen molar-refractivity contribution in [2.24, 2.45) is 5.41 Å². The molecule has 0 aromatic carbocycles. The van der Waals surface area contributed by atoms with Crippen LogP contribution in [0.2, 0.25) is 0 Å². The highest BCUT2D eigenvalue weighted by atomic mass is 16.6. The van der Waals surface area contributed by atoms with Gasteiger partial charge >= 0.3 is 23.9 Å². The Morgan fingerprint density at radius 2 is 0.596 bits per heavy atom. The summed E-state index contributed by atoms with van der Waals surface area (Å²) in [4.78, 5) is 69.2. The van der Waals surface area contributed by atoms with E-state index in [2.05, 4.69) is 0 Å². The van der Waals surface area contributed by atoms with Gasteiger partial charge in [0, 0.05) is 31.6 Å². The third-order valence-electron chi connectivity index (χ3n) is 5.76. The van der Waals surface area contributed by atoms with E-state index < -0.39 is 51.7 Å². The highest BCUT2D eigenvalue weighted by Gasteiger charge is 2.28. The molecule has 12 heteroatoms. The van der Waals surface area contributed by atoms with Gasteiger partial charge in [-0.25, -0.2) is 0 Å². The summed E-state index contributed by atoms with van der Waals surface area (Å²) in [5.74, 6) is -1.97. The largest absolute Gasteiger partial charge is 0.459 e. The Morgan fingerprint density at radius 3 is 0.830 bits per heavy atom. The number of carbonyl (C=O) groups excluding carboxylic acids is 5. The van der Waals surface area contributed by atoms with Crippen LogP contribution in [0.3, 0.4) is 0 Å². The van der Waals surface area contributed by atoms with Gasteiger partial charge in [-0.1, -0.05) is 28.2 Å². The lowest BCUT2D eigenvalue weighted by atomic mass is 9.90. The third kappa shape index (κ3) is 26.1. The van der Waals surface area contributed by atoms with Gasteiger partial charge in [0.05, 0.1) is 32.7 Å². The lowest BCUT2D eigenvalue weighted by molar-refractivity contribution is -0.161. The second-order valence-electron chi connectivity index (χ2n) is 16.7. The predicted octanol–water partition coefficient (Wildman–Crippen LogP) is 4.51. The molecule has 47 heavy (non-hydrogen) atoms. The Balaban J connectivity index is 0. The zero-order valence-corrected chi connectivity index (χ0v) is 31.4. The number of ketones is 1. The fourth-order valence-electron chi connectivity index (χ4n) is 3.93. The Hall–Kier alpha value is -2.57. The van der Waals surface area contributed by atoms with Crippen molar-refractivity contribution >= 4 is 29.7 Å². The van der Waals surface area contributed by atoms with Crippen LogP contribution in [0.1, 0.15) is 111 Å². The predicted molar refractivity (Wildman–Crippen MR) is 184 cm³/mol. The van der Waals surface area contributed by atoms with Crippen LogP contribution in [-0.4, -0.2) is 126 Å². The fourth-order valence-corrected chi connectivity index (χ4v) is 3.93. The number of carbonyl (C=O) groups is 5. The minimum absolute atomic E-state index is 0. The van der Waals surface area contributed by atoms with Gasteiger partial charge < -0.3 is 18.9 Å². The third-order valence-corrected chi connectivity index (χ3v) is 5.76. The average Bonchev–Trinajstić information content (AvgIpc) is 2.74. The summed E-state index contributed by atoms with van der Waals surface area (Å²) in [5.41, 5.74) is -3.43. The van der Waals surface area contributed by atoms with Crippen LogP contribution in [0.25, 0.3) is 0 Å². The second-order valence-corrected chi connectivity index (χ2v) is 16.7. The molecule has 0 bridgehead atoms. The van der Waals surface area contributed by atoms with Crippen molar-refractivity contribution in [3.63, 3.8) is 0 Å². The first-order valence-electron chi connectivity index (χ1n) is 16.0. The number of hydrogen-bond acceptors (Lipinski definition) is 12. The van der Waals surface area contributed by atoms with Crippen molar-refractivity contribution in [3.8, 4) is 0 Å². The van der Waals surface area contributed by atoms with Gasteiger partial charge in [0.2, 0.25) is 0 Å². The van der Waals surface area contributed by atoms with E-state index in [1.165, 1.54) is 0 Å². The van der Waals surface area contributed by atoms with E-state index in [-0.39, 0.29) is 72.1 Å². The summed E-state index contributed by atoms with van der Waals surface area (Å²) in [7, 11) is 0. The first-order chi connectivity index (χ1) is 20.4. The molecule has 0 amide bonds. The number of Topliss-reactive ketones (excluding diaryl/α,β-unsaturated/α-hetero) is 1. The van der Waals surface area contributed by atoms with Crippen LogP contribution in [0.15, 0.2) is 0 Å². The van der Waals surface area contributed by atoms with E-state index in [0.717, 1.165) is 0 Å². The standard InChI is InChI=1S/C34H63N3O9.CH4/c1-30(2,3)25(38)20-36(22-27(40)44-32(7,8)9)18-16-35(21-26(39)43-31(4,5)6)17-19-37(23-28(41)45-33(10,11)12)24-29(42)46-34(13,14)15;/h16-24H2,1-15H3;1H4. The highest BCUT2D eigenvalue weighted by Crippen LogP contribution is 2.16. The Bertz CT molecular complexity index is 993. The van der Waals surface area contributed by atoms with Crippen LogP contribution < -0.4 is 0 Å². The van der Waals surface area contributed by atoms with Gasteiger partial charge in [-0.15, -0.1) is 0 Å². The lowest BCUT2D eigenvalue weighted by Crippen LogP contribution is -2.48. The molecule has 0 saturated carbocycles. The number of hydrogen-bond donors (Lipinski definition) is 0. The second kappa shape index (κ2) is 18.8. The van der Waals surface area contributed by atoms with Gasteiger partial charge in [0.15, 0.2) is 5.78 Å². The average molecular weight is 674 g/mol. The number of ether oxygens (including phenoxy) is 4. The van der Waals surface area contributed by atoms with Gasteiger partial charge in [-0.05, 0) is 83.1 Å². The number of rotatable bonds is 16. The smallest absolute Gasteiger partial charge is 0.320 e. The van der Waals surface area contributed by atoms with Crippen molar-refractivity contribution in [3.05, 3.63) is 0 Å². The Kier molecular flexibility index (Phi) is 18.7. The quantitative estimate of drug-likeness (QED) is 0.169. The van der Waals surface area contributed by atoms with E-state index in [9.17, 15) is 24.0 Å². The molecule has 0 heterocycles. The molecule has 0 unspecified atom stereocenters. The molecule has 0 aromatic rings. The van der Waals surface area contributed by atoms with E-state index >= 15 is 0 Å². The number of nitrogens with zero attached hydrogens (tertiary/aromatic N) is 3. The molecule has 0 saturated heterocycles. The van der Waals surface area contributed by atoms with Crippen molar-refractivity contribution in [1.82, 2.24) is 14.7 Å². The zero-order chi connectivity index (χ0) is 36.3. The molecule has 0 N–H and O–H groups in total. The molecule has 0 rings (SSSR count). The fraction of sp³-hybridized carbons (Fsp3) is 0.857. The molecule has 0 aliphatic rings. The summed E-state index contributed by atoms with van der Waals surface area (Å²) in [5, 5.41) is 0. The van der Waals surface area contributed by atoms with Gasteiger partial charge in [-0.2, -0.15) is 0 Å². The zero-order valence-electron chi connectivity index (χ0n) is 31.4. The first kappa shape index (κ1) is 46.5. The van der Waals surface area contributed by atoms with Gasteiger partial charge in [0.1, 0.15) is 22.4 Å². The van der Waals surface area contributed by atoms with Gasteiger partial charge in [0.25, 0.3) is 0 Å². The topological polar surface area (TPSA) is 132 Å². The van der Waals surface area contributed by atoms with E-state index in [4.69, 9.17) is 18.9 Å². The normalized spacial score (nSPS) is 12.9. The molecule has 276 valence electrons. The van der Waals surface area contributed by atoms with Crippen LogP contribution in [0.5, 0.6) is 0 Å². The minimum Gasteiger partial charge on any atom is -0.459 e. The molecule has 0 aliphatic carbocycles. The molecular weight excluding hydrogens is 606 g/mol. The maximum atomic E-state index is 13.0. The van der Waals surface area contributed by atoms with Crippen LogP contribution >= 0.6 is 0 Å². The maximum Gasteiger partial charge on any atom is 0.320 e. The molecule has 0 spiro atoms. The maximum absolute atomic E-state index is 13.0. The van der Waals surface area contributed by atoms with Crippen LogP contribution in [-0.2, 0) is 42.9 Å². The summed E-state index contributed by atoms with van der Waals surface area (Å²) in [6.07, 6.45) is 0. The van der Waals surface area contributed by atoms with Gasteiger partial charge in [-0.3, -0.25) is 38.7 Å². The molecule has 0 aliphatic heterocycles. The summed E-state index contributed by atoms with van der Waals surface area (Å²) in [6.45, 7) is 27.2. The molecule has 0 fully saturated rings. The summed E-state index contributed by atoms with van der Waals surface area (Å²) < 4.78 is 22.1. The van der Waals surface area contributed by atoms with Crippen molar-refractivity contribution < 1.29 is 42.9 Å². The van der Waals surface area contributed by atoms with Crippen molar-refractivity contribution in [2.45, 2.75) is 134 Å². The van der Waals surface area contributed by atoms with E-state index in [1.54, 1.807) is 92.9 Å². The SMILES string of the molecule is C.CC(C)(C)OC(=O)CN(CCN(CC(=O)OC(C)(C)C)CC(=O)OC(C)(C)C)CCN(CC(=O)OC(C)(C)C)CC(=O)C(C)(C)C. The minimum atomic E-state index is -0.709. The van der Waals surface area contributed by atoms with Crippen molar-refractivity contribution in [1.29, 1.82) is 0 Å². The summed E-state index contributed by atoms with van der Waals surface area (Å²) >= 11 is 0. The molecular formula is C35H67N3O9. The summed E-state index contributed by atoms with van der Waals surface area (Å²) in [6, 6.07) is 0. The number of esters is 4. The molecule has 0 aromatic heterocycles. The van der Waals surface area contributed by atoms with Crippen LogP contribution in [0, 0.1) is 5.41 Å². The highest BCUT2D eigenvalue weighted by molar-refractivity contribution is 5.86. The van der Waals surface area contributed by atoms with Crippen LogP contribution in [0.4, 0.5) is 0 Å². The van der Waals surface area contributed by atoms with E-state index in [1.807, 2.05) is 25.7 Å². The lowest BCUT2D eigenvalue weighted by Gasteiger charge is -2.31. The molecule has 0 atom stereocenters. The molecule has 12 nitrogen and oxygen atoms in total. The Labute approximate surface area is 285 Å². The van der Waals surface area contributed by atoms with Crippen molar-refractivity contribution in [2.75, 3.05) is 58.9 Å². The monoisotopic (exact) mass is 673 g/mol. The first-order valence-corrected chi connectivity index (χ1v) is 16.0. The van der Waals surface area contributed by atoms with E-state index in [0.29, 0.717) is 0 Å². The Morgan fingerprint density at radius 1 is 0.383 bits per heavy atom. The molecule has 0 radical (unpaired) electrons.